The first-order valence-electron chi connectivity index (χ1n) is 10.6. The standard InChI is InChI=1S/C23H21F2N7O2/c24-15-6-2-1-4-12(15)10-32-19-14(5-3-7-16(19)25)17(31-32)22-29-20(26)18(21(27)30-22)28-23(33)13-8-9-34-11-13/h1-7,13H,8-11H2,(H,28,33)(H4,26,27,29,30). The average Bonchev–Trinajstić information content (AvgIpc) is 3.47. The smallest absolute Gasteiger partial charge is 0.230 e. The van der Waals surface area contributed by atoms with E-state index in [-0.39, 0.29) is 52.7 Å². The van der Waals surface area contributed by atoms with E-state index in [2.05, 4.69) is 20.4 Å². The van der Waals surface area contributed by atoms with Crippen LogP contribution in [0.3, 0.4) is 0 Å². The Morgan fingerprint density at radius 3 is 2.53 bits per heavy atom. The third-order valence-electron chi connectivity index (χ3n) is 5.72. The van der Waals surface area contributed by atoms with E-state index in [0.29, 0.717) is 30.6 Å². The van der Waals surface area contributed by atoms with Crippen molar-refractivity contribution in [2.45, 2.75) is 13.0 Å². The van der Waals surface area contributed by atoms with Gasteiger partial charge in [-0.2, -0.15) is 5.10 Å². The van der Waals surface area contributed by atoms with Crippen molar-refractivity contribution in [2.24, 2.45) is 5.92 Å². The van der Waals surface area contributed by atoms with Crippen LogP contribution < -0.4 is 16.8 Å². The largest absolute Gasteiger partial charge is 0.382 e. The van der Waals surface area contributed by atoms with Crippen molar-refractivity contribution in [3.8, 4) is 11.5 Å². The fourth-order valence-electron chi connectivity index (χ4n) is 3.96. The monoisotopic (exact) mass is 465 g/mol. The zero-order valence-corrected chi connectivity index (χ0v) is 18.0. The number of aromatic nitrogens is 4. The van der Waals surface area contributed by atoms with E-state index in [1.165, 1.54) is 22.9 Å². The van der Waals surface area contributed by atoms with Gasteiger partial charge >= 0.3 is 0 Å². The minimum atomic E-state index is -0.531. The molecule has 34 heavy (non-hydrogen) atoms. The van der Waals surface area contributed by atoms with Gasteiger partial charge in [-0.1, -0.05) is 30.3 Å². The number of rotatable bonds is 5. The Labute approximate surface area is 192 Å². The number of carbonyl (C=O) groups excluding carboxylic acids is 1. The maximum Gasteiger partial charge on any atom is 0.230 e. The summed E-state index contributed by atoms with van der Waals surface area (Å²) in [5, 5.41) is 7.54. The molecule has 11 heteroatoms. The number of para-hydroxylation sites is 1. The maximum atomic E-state index is 14.8. The lowest BCUT2D eigenvalue weighted by atomic mass is 10.1. The molecule has 1 atom stereocenters. The van der Waals surface area contributed by atoms with Crippen molar-refractivity contribution < 1.29 is 18.3 Å². The first-order valence-corrected chi connectivity index (χ1v) is 10.6. The second-order valence-corrected chi connectivity index (χ2v) is 7.98. The number of hydrogen-bond acceptors (Lipinski definition) is 7. The second-order valence-electron chi connectivity index (χ2n) is 7.98. The highest BCUT2D eigenvalue weighted by molar-refractivity contribution is 5.99. The summed E-state index contributed by atoms with van der Waals surface area (Å²) in [6, 6.07) is 10.7. The van der Waals surface area contributed by atoms with Crippen LogP contribution in [0.4, 0.5) is 26.1 Å². The molecule has 1 aliphatic rings. The number of nitrogens with two attached hydrogens (primary N) is 2. The molecule has 2 aromatic carbocycles. The van der Waals surface area contributed by atoms with E-state index in [0.717, 1.165) is 0 Å². The van der Waals surface area contributed by atoms with Crippen molar-refractivity contribution in [3.05, 3.63) is 59.7 Å². The number of nitrogen functional groups attached to an aromatic ring is 2. The van der Waals surface area contributed by atoms with Crippen molar-refractivity contribution >= 4 is 34.1 Å². The molecule has 3 heterocycles. The Morgan fingerprint density at radius 2 is 1.82 bits per heavy atom. The van der Waals surface area contributed by atoms with Crippen molar-refractivity contribution in [3.63, 3.8) is 0 Å². The number of nitrogens with zero attached hydrogens (tertiary/aromatic N) is 4. The van der Waals surface area contributed by atoms with Crippen LogP contribution in [-0.4, -0.2) is 38.9 Å². The zero-order chi connectivity index (χ0) is 23.8. The van der Waals surface area contributed by atoms with Crippen molar-refractivity contribution in [1.82, 2.24) is 19.7 Å². The highest BCUT2D eigenvalue weighted by Gasteiger charge is 2.26. The number of amides is 1. The van der Waals surface area contributed by atoms with Crippen molar-refractivity contribution in [1.29, 1.82) is 0 Å². The van der Waals surface area contributed by atoms with Crippen LogP contribution in [0.25, 0.3) is 22.4 Å². The highest BCUT2D eigenvalue weighted by Crippen LogP contribution is 2.32. The van der Waals surface area contributed by atoms with Crippen LogP contribution in [0.2, 0.25) is 0 Å². The third kappa shape index (κ3) is 3.90. The molecule has 2 aromatic heterocycles. The summed E-state index contributed by atoms with van der Waals surface area (Å²) in [6.45, 7) is 0.825. The number of ether oxygens (including phenoxy) is 1. The van der Waals surface area contributed by atoms with E-state index in [1.807, 2.05) is 0 Å². The molecular formula is C23H21F2N7O2. The number of anilines is 3. The van der Waals surface area contributed by atoms with E-state index in [1.54, 1.807) is 24.3 Å². The minimum absolute atomic E-state index is 0.00727. The second kappa shape index (κ2) is 8.67. The molecule has 9 nitrogen and oxygen atoms in total. The van der Waals surface area contributed by atoms with Gasteiger partial charge in [-0.25, -0.2) is 18.7 Å². The topological polar surface area (TPSA) is 134 Å². The van der Waals surface area contributed by atoms with E-state index < -0.39 is 11.6 Å². The molecule has 1 unspecified atom stereocenters. The van der Waals surface area contributed by atoms with Crippen LogP contribution in [0.15, 0.2) is 42.5 Å². The molecule has 5 N–H and O–H groups in total. The molecule has 0 spiro atoms. The number of halogens is 2. The van der Waals surface area contributed by atoms with Crippen LogP contribution in [-0.2, 0) is 16.1 Å². The predicted octanol–water partition coefficient (Wildman–Crippen LogP) is 2.96. The molecular weight excluding hydrogens is 444 g/mol. The molecule has 4 aromatic rings. The summed E-state index contributed by atoms with van der Waals surface area (Å²) in [7, 11) is 0. The Balaban J connectivity index is 1.55. The molecule has 1 fully saturated rings. The van der Waals surface area contributed by atoms with Crippen LogP contribution in [0.1, 0.15) is 12.0 Å². The third-order valence-corrected chi connectivity index (χ3v) is 5.72. The summed E-state index contributed by atoms with van der Waals surface area (Å²) in [6.07, 6.45) is 0.599. The van der Waals surface area contributed by atoms with Gasteiger partial charge in [0.05, 0.1) is 19.1 Å². The molecule has 0 aliphatic carbocycles. The number of nitrogens with one attached hydrogen (secondary N) is 1. The number of benzene rings is 2. The normalized spacial score (nSPS) is 15.6. The SMILES string of the molecule is Nc1nc(-c2nn(Cc3ccccc3F)c3c(F)cccc23)nc(N)c1NC(=O)C1CCOC1. The average molecular weight is 465 g/mol. The zero-order valence-electron chi connectivity index (χ0n) is 18.0. The van der Waals surface area contributed by atoms with E-state index >= 15 is 0 Å². The lowest BCUT2D eigenvalue weighted by Crippen LogP contribution is -2.24. The molecule has 0 bridgehead atoms. The van der Waals surface area contributed by atoms with Crippen molar-refractivity contribution in [2.75, 3.05) is 30.0 Å². The van der Waals surface area contributed by atoms with E-state index in [4.69, 9.17) is 16.2 Å². The molecule has 0 saturated carbocycles. The minimum Gasteiger partial charge on any atom is -0.382 e. The molecule has 5 rings (SSSR count). The Morgan fingerprint density at radius 1 is 1.09 bits per heavy atom. The molecule has 0 radical (unpaired) electrons. The van der Waals surface area contributed by atoms with Crippen LogP contribution in [0.5, 0.6) is 0 Å². The first kappa shape index (κ1) is 21.7. The molecule has 1 aliphatic heterocycles. The van der Waals surface area contributed by atoms with Gasteiger partial charge in [0.15, 0.2) is 17.5 Å². The first-order chi connectivity index (χ1) is 16.4. The van der Waals surface area contributed by atoms with Gasteiger partial charge < -0.3 is 21.5 Å². The van der Waals surface area contributed by atoms with E-state index in [9.17, 15) is 13.6 Å². The van der Waals surface area contributed by atoms with Gasteiger partial charge in [0.1, 0.15) is 28.5 Å². The fourth-order valence-corrected chi connectivity index (χ4v) is 3.96. The van der Waals surface area contributed by atoms with Gasteiger partial charge in [0.2, 0.25) is 5.91 Å². The lowest BCUT2D eigenvalue weighted by Gasteiger charge is -2.13. The quantitative estimate of drug-likeness (QED) is 0.413. The van der Waals surface area contributed by atoms with Gasteiger partial charge in [0.25, 0.3) is 0 Å². The summed E-state index contributed by atoms with van der Waals surface area (Å²) in [5.74, 6) is -1.60. The fraction of sp³-hybridized carbons (Fsp3) is 0.217. The summed E-state index contributed by atoms with van der Waals surface area (Å²) >= 11 is 0. The summed E-state index contributed by atoms with van der Waals surface area (Å²) in [4.78, 5) is 21.0. The van der Waals surface area contributed by atoms with Gasteiger partial charge in [-0.15, -0.1) is 0 Å². The Bertz CT molecular complexity index is 1380. The van der Waals surface area contributed by atoms with Gasteiger partial charge in [-0.05, 0) is 18.6 Å². The van der Waals surface area contributed by atoms with Gasteiger partial charge in [0, 0.05) is 17.6 Å². The lowest BCUT2D eigenvalue weighted by molar-refractivity contribution is -0.119. The number of fused-ring (bicyclic) bond motifs is 1. The van der Waals surface area contributed by atoms with Crippen LogP contribution >= 0.6 is 0 Å². The maximum absolute atomic E-state index is 14.8. The number of hydrogen-bond donors (Lipinski definition) is 3. The molecule has 1 saturated heterocycles. The Hall–Kier alpha value is -4.12. The van der Waals surface area contributed by atoms with Crippen LogP contribution in [0, 0.1) is 17.6 Å². The molecule has 1 amide bonds. The highest BCUT2D eigenvalue weighted by atomic mass is 19.1. The molecule has 174 valence electrons. The predicted molar refractivity (Wildman–Crippen MR) is 123 cm³/mol. The summed E-state index contributed by atoms with van der Waals surface area (Å²) < 4.78 is 35.6. The Kier molecular flexibility index (Phi) is 5.54. The number of carbonyl (C=O) groups is 1. The summed E-state index contributed by atoms with van der Waals surface area (Å²) in [5.41, 5.74) is 13.0. The van der Waals surface area contributed by atoms with Gasteiger partial charge in [-0.3, -0.25) is 9.48 Å².